The molecule has 0 radical (unpaired) electrons. The lowest BCUT2D eigenvalue weighted by molar-refractivity contribution is 0.242. The van der Waals surface area contributed by atoms with E-state index in [1.54, 1.807) is 0 Å². The van der Waals surface area contributed by atoms with Gasteiger partial charge in [-0.2, -0.15) is 0 Å². The average molecular weight is 289 g/mol. The first kappa shape index (κ1) is 16.4. The van der Waals surface area contributed by atoms with Crippen LogP contribution in [0.1, 0.15) is 77.3 Å². The smallest absolute Gasteiger partial charge is 0.119 e. The van der Waals surface area contributed by atoms with E-state index in [1.807, 2.05) is 0 Å². The van der Waals surface area contributed by atoms with Crippen LogP contribution in [0.5, 0.6) is 5.75 Å². The van der Waals surface area contributed by atoms with Crippen molar-refractivity contribution in [2.45, 2.75) is 83.9 Å². The van der Waals surface area contributed by atoms with Gasteiger partial charge in [0.15, 0.2) is 0 Å². The van der Waals surface area contributed by atoms with Crippen molar-refractivity contribution in [3.8, 4) is 5.75 Å². The Balaban J connectivity index is 1.87. The van der Waals surface area contributed by atoms with Gasteiger partial charge in [-0.3, -0.25) is 0 Å². The summed E-state index contributed by atoms with van der Waals surface area (Å²) in [5.74, 6) is 0.965. The molecule has 2 nitrogen and oxygen atoms in total. The summed E-state index contributed by atoms with van der Waals surface area (Å²) in [6.07, 6.45) is 9.91. The standard InChI is InChI=1S/C19H31NO/c1-15(2)21-19-13-11-17(12-14-19)16(3)20-18-9-7-5-4-6-8-10-18/h11-16,18,20H,4-10H2,1-3H3. The first-order chi connectivity index (χ1) is 10.1. The molecule has 1 aliphatic carbocycles. The van der Waals surface area contributed by atoms with Crippen LogP contribution in [0.2, 0.25) is 0 Å². The van der Waals surface area contributed by atoms with Crippen LogP contribution < -0.4 is 10.1 Å². The third kappa shape index (κ3) is 5.70. The van der Waals surface area contributed by atoms with Crippen molar-refractivity contribution in [2.75, 3.05) is 0 Å². The summed E-state index contributed by atoms with van der Waals surface area (Å²) >= 11 is 0. The maximum atomic E-state index is 5.71. The van der Waals surface area contributed by atoms with E-state index in [9.17, 15) is 0 Å². The van der Waals surface area contributed by atoms with Crippen molar-refractivity contribution >= 4 is 0 Å². The van der Waals surface area contributed by atoms with Crippen molar-refractivity contribution in [2.24, 2.45) is 0 Å². The van der Waals surface area contributed by atoms with E-state index < -0.39 is 0 Å². The number of nitrogens with one attached hydrogen (secondary N) is 1. The summed E-state index contributed by atoms with van der Waals surface area (Å²) < 4.78 is 5.71. The molecule has 0 bridgehead atoms. The van der Waals surface area contributed by atoms with Gasteiger partial charge in [-0.05, 0) is 51.3 Å². The lowest BCUT2D eigenvalue weighted by Crippen LogP contribution is -2.32. The van der Waals surface area contributed by atoms with Gasteiger partial charge in [-0.1, -0.05) is 44.2 Å². The van der Waals surface area contributed by atoms with Crippen LogP contribution in [0.15, 0.2) is 24.3 Å². The normalized spacial score (nSPS) is 19.0. The molecule has 0 amide bonds. The molecule has 0 aliphatic heterocycles. The maximum absolute atomic E-state index is 5.71. The third-order valence-corrected chi connectivity index (χ3v) is 4.34. The fourth-order valence-corrected chi connectivity index (χ4v) is 3.18. The van der Waals surface area contributed by atoms with Gasteiger partial charge in [0.25, 0.3) is 0 Å². The summed E-state index contributed by atoms with van der Waals surface area (Å²) in [6.45, 7) is 6.40. The summed E-state index contributed by atoms with van der Waals surface area (Å²) in [4.78, 5) is 0. The highest BCUT2D eigenvalue weighted by Crippen LogP contribution is 2.22. The minimum Gasteiger partial charge on any atom is -0.491 e. The highest BCUT2D eigenvalue weighted by atomic mass is 16.5. The highest BCUT2D eigenvalue weighted by molar-refractivity contribution is 5.29. The average Bonchev–Trinajstić information content (AvgIpc) is 2.41. The Labute approximate surface area is 130 Å². The van der Waals surface area contributed by atoms with Crippen LogP contribution in [-0.4, -0.2) is 12.1 Å². The Hall–Kier alpha value is -1.02. The third-order valence-electron chi connectivity index (χ3n) is 4.34. The predicted molar refractivity (Wildman–Crippen MR) is 89.9 cm³/mol. The van der Waals surface area contributed by atoms with Crippen molar-refractivity contribution in [3.63, 3.8) is 0 Å². The van der Waals surface area contributed by atoms with E-state index >= 15 is 0 Å². The molecule has 1 fully saturated rings. The Morgan fingerprint density at radius 2 is 1.48 bits per heavy atom. The molecule has 21 heavy (non-hydrogen) atoms. The Kier molecular flexibility index (Phi) is 6.56. The van der Waals surface area contributed by atoms with Crippen LogP contribution in [0, 0.1) is 0 Å². The Morgan fingerprint density at radius 3 is 2.05 bits per heavy atom. The molecular formula is C19H31NO. The zero-order valence-electron chi connectivity index (χ0n) is 13.9. The summed E-state index contributed by atoms with van der Waals surface area (Å²) in [5, 5.41) is 3.82. The Morgan fingerprint density at radius 1 is 0.905 bits per heavy atom. The van der Waals surface area contributed by atoms with Crippen LogP contribution in [0.25, 0.3) is 0 Å². The van der Waals surface area contributed by atoms with Crippen LogP contribution in [-0.2, 0) is 0 Å². The van der Waals surface area contributed by atoms with Gasteiger partial charge >= 0.3 is 0 Å². The number of hydrogen-bond acceptors (Lipinski definition) is 2. The SMILES string of the molecule is CC(C)Oc1ccc(C(C)NC2CCCCCCC2)cc1. The van der Waals surface area contributed by atoms with Gasteiger partial charge in [0.1, 0.15) is 5.75 Å². The molecule has 1 atom stereocenters. The second kappa shape index (κ2) is 8.43. The molecule has 1 N–H and O–H groups in total. The molecule has 118 valence electrons. The van der Waals surface area contributed by atoms with Crippen molar-refractivity contribution < 1.29 is 4.74 Å². The minimum atomic E-state index is 0.237. The molecule has 1 unspecified atom stereocenters. The van der Waals surface area contributed by atoms with Crippen LogP contribution in [0.4, 0.5) is 0 Å². The highest BCUT2D eigenvalue weighted by Gasteiger charge is 2.14. The van der Waals surface area contributed by atoms with Gasteiger partial charge in [-0.15, -0.1) is 0 Å². The summed E-state index contributed by atoms with van der Waals surface area (Å²) in [7, 11) is 0. The van der Waals surface area contributed by atoms with E-state index in [-0.39, 0.29) is 6.10 Å². The molecule has 0 heterocycles. The lowest BCUT2D eigenvalue weighted by atomic mass is 9.95. The minimum absolute atomic E-state index is 0.237. The van der Waals surface area contributed by atoms with Gasteiger partial charge in [0.05, 0.1) is 6.10 Å². The molecule has 1 saturated carbocycles. The second-order valence-corrected chi connectivity index (χ2v) is 6.67. The Bertz CT molecular complexity index is 391. The zero-order valence-corrected chi connectivity index (χ0v) is 13.9. The monoisotopic (exact) mass is 289 g/mol. The number of benzene rings is 1. The van der Waals surface area contributed by atoms with E-state index in [2.05, 4.69) is 50.4 Å². The van der Waals surface area contributed by atoms with Gasteiger partial charge in [0, 0.05) is 12.1 Å². The van der Waals surface area contributed by atoms with Gasteiger partial charge in [-0.25, -0.2) is 0 Å². The molecular weight excluding hydrogens is 258 g/mol. The first-order valence-electron chi connectivity index (χ1n) is 8.68. The molecule has 1 aromatic rings. The molecule has 2 rings (SSSR count). The van der Waals surface area contributed by atoms with E-state index in [1.165, 1.54) is 50.5 Å². The summed E-state index contributed by atoms with van der Waals surface area (Å²) in [5.41, 5.74) is 1.35. The molecule has 0 aromatic heterocycles. The van der Waals surface area contributed by atoms with Crippen molar-refractivity contribution in [1.82, 2.24) is 5.32 Å². The van der Waals surface area contributed by atoms with E-state index in [0.29, 0.717) is 12.1 Å². The van der Waals surface area contributed by atoms with Gasteiger partial charge in [0.2, 0.25) is 0 Å². The zero-order chi connectivity index (χ0) is 15.1. The topological polar surface area (TPSA) is 21.3 Å². The maximum Gasteiger partial charge on any atom is 0.119 e. The number of hydrogen-bond donors (Lipinski definition) is 1. The van der Waals surface area contributed by atoms with Crippen molar-refractivity contribution in [3.05, 3.63) is 29.8 Å². The molecule has 0 saturated heterocycles. The second-order valence-electron chi connectivity index (χ2n) is 6.67. The summed E-state index contributed by atoms with van der Waals surface area (Å²) in [6, 6.07) is 9.67. The molecule has 0 spiro atoms. The predicted octanol–water partition coefficient (Wildman–Crippen LogP) is 5.24. The molecule has 1 aromatic carbocycles. The van der Waals surface area contributed by atoms with Crippen LogP contribution in [0.3, 0.4) is 0 Å². The fourth-order valence-electron chi connectivity index (χ4n) is 3.18. The van der Waals surface area contributed by atoms with Gasteiger partial charge < -0.3 is 10.1 Å². The van der Waals surface area contributed by atoms with Crippen LogP contribution >= 0.6 is 0 Å². The number of rotatable bonds is 5. The largest absolute Gasteiger partial charge is 0.491 e. The first-order valence-corrected chi connectivity index (χ1v) is 8.68. The quantitative estimate of drug-likeness (QED) is 0.800. The van der Waals surface area contributed by atoms with E-state index in [0.717, 1.165) is 5.75 Å². The number of ether oxygens (including phenoxy) is 1. The molecule has 1 aliphatic rings. The lowest BCUT2D eigenvalue weighted by Gasteiger charge is -2.25. The fraction of sp³-hybridized carbons (Fsp3) is 0.684. The van der Waals surface area contributed by atoms with Crippen molar-refractivity contribution in [1.29, 1.82) is 0 Å². The van der Waals surface area contributed by atoms with E-state index in [4.69, 9.17) is 4.74 Å². The molecule has 2 heteroatoms.